The van der Waals surface area contributed by atoms with E-state index in [4.69, 9.17) is 2.74 Å². The predicted octanol–water partition coefficient (Wildman–Crippen LogP) is 0.984. The zero-order valence-electron chi connectivity index (χ0n) is 9.97. The monoisotopic (exact) mass is 173 g/mol. The van der Waals surface area contributed by atoms with Crippen molar-refractivity contribution in [3.63, 3.8) is 0 Å². The molecule has 0 aliphatic rings. The minimum absolute atomic E-state index is 0.329. The van der Waals surface area contributed by atoms with Crippen LogP contribution in [-0.2, 0) is 9.59 Å². The second kappa shape index (κ2) is 4.91. The highest BCUT2D eigenvalue weighted by molar-refractivity contribution is 5.87. The molecule has 0 atom stereocenters. The summed E-state index contributed by atoms with van der Waals surface area (Å²) in [6.45, 7) is 4.23. The van der Waals surface area contributed by atoms with Crippen LogP contribution in [0.3, 0.4) is 0 Å². The maximum atomic E-state index is 11.3. The number of ketones is 1. The second-order valence-electron chi connectivity index (χ2n) is 3.29. The Morgan fingerprint density at radius 1 is 1.25 bits per heavy atom. The Balaban J connectivity index is 4.49. The number of Topliss-reactive ketones (excluding diaryl/α,β-unsaturated/α-hetero) is 1. The normalized spacial score (nSPS) is 14.2. The zero-order valence-corrected chi connectivity index (χ0v) is 7.97. The quantitative estimate of drug-likeness (QED) is 0.689. The van der Waals surface area contributed by atoms with E-state index < -0.39 is 24.1 Å². The van der Waals surface area contributed by atoms with E-state index in [-0.39, 0.29) is 5.92 Å². The summed E-state index contributed by atoms with van der Waals surface area (Å²) in [7, 11) is 0. The number of rotatable bonds is 4. The predicted molar refractivity (Wildman–Crippen MR) is 47.7 cm³/mol. The van der Waals surface area contributed by atoms with Gasteiger partial charge in [0.05, 0.1) is 9.24 Å². The summed E-state index contributed by atoms with van der Waals surface area (Å²) in [5, 5.41) is 2.08. The van der Waals surface area contributed by atoms with Gasteiger partial charge in [0.15, 0.2) is 5.78 Å². The molecule has 0 unspecified atom stereocenters. The van der Waals surface area contributed by atoms with E-state index in [0.29, 0.717) is 0 Å². The summed E-state index contributed by atoms with van der Waals surface area (Å²) in [4.78, 5) is 22.5. The van der Waals surface area contributed by atoms with E-state index in [1.54, 1.807) is 27.7 Å². The van der Waals surface area contributed by atoms with Gasteiger partial charge >= 0.3 is 0 Å². The smallest absolute Gasteiger partial charge is 0.222 e. The Labute approximate surface area is 76.3 Å². The van der Waals surface area contributed by atoms with E-state index in [1.165, 1.54) is 0 Å². The molecule has 0 bridgehead atoms. The fraction of sp³-hybridized carbons (Fsp3) is 0.778. The van der Waals surface area contributed by atoms with Crippen molar-refractivity contribution in [1.29, 1.82) is 0 Å². The van der Waals surface area contributed by atoms with Crippen molar-refractivity contribution in [1.82, 2.24) is 5.32 Å². The average Bonchev–Trinajstić information content (AvgIpc) is 2.01. The first-order valence-electron chi connectivity index (χ1n) is 5.04. The molecular formula is C9H17NO2. The molecule has 0 aromatic rings. The SMILES string of the molecule is [2H]C([2H])(NC(=O)C(C)C)C(=O)C(C)C. The fourth-order valence-electron chi connectivity index (χ4n) is 0.412. The van der Waals surface area contributed by atoms with Gasteiger partial charge in [0, 0.05) is 11.8 Å². The molecule has 0 aliphatic heterocycles. The van der Waals surface area contributed by atoms with Crippen LogP contribution >= 0.6 is 0 Å². The molecule has 1 amide bonds. The maximum Gasteiger partial charge on any atom is 0.222 e. The molecule has 0 saturated carbocycles. The first-order valence-corrected chi connectivity index (χ1v) is 4.04. The van der Waals surface area contributed by atoms with E-state index in [9.17, 15) is 9.59 Å². The first kappa shape index (κ1) is 7.77. The highest BCUT2D eigenvalue weighted by Crippen LogP contribution is 1.94. The molecule has 0 radical (unpaired) electrons. The van der Waals surface area contributed by atoms with Gasteiger partial charge in [-0.05, 0) is 0 Å². The molecule has 0 aromatic carbocycles. The molecule has 1 N–H and O–H groups in total. The van der Waals surface area contributed by atoms with Crippen molar-refractivity contribution >= 4 is 11.7 Å². The number of amides is 1. The van der Waals surface area contributed by atoms with Gasteiger partial charge in [-0.2, -0.15) is 0 Å². The van der Waals surface area contributed by atoms with Gasteiger partial charge in [-0.25, -0.2) is 0 Å². The third-order valence-electron chi connectivity index (χ3n) is 1.36. The molecule has 0 fully saturated rings. The van der Waals surface area contributed by atoms with E-state index in [2.05, 4.69) is 5.32 Å². The van der Waals surface area contributed by atoms with Crippen LogP contribution in [0, 0.1) is 11.8 Å². The molecule has 0 aromatic heterocycles. The van der Waals surface area contributed by atoms with Gasteiger partial charge in [-0.3, -0.25) is 9.59 Å². The van der Waals surface area contributed by atoms with Crippen LogP contribution in [-0.4, -0.2) is 18.2 Å². The molecule has 3 nitrogen and oxygen atoms in total. The van der Waals surface area contributed by atoms with E-state index >= 15 is 0 Å². The van der Waals surface area contributed by atoms with E-state index in [0.717, 1.165) is 0 Å². The number of hydrogen-bond donors (Lipinski definition) is 1. The number of carbonyl (C=O) groups is 2. The molecule has 3 heteroatoms. The molecule has 0 saturated heterocycles. The molecule has 12 heavy (non-hydrogen) atoms. The molecule has 0 spiro atoms. The van der Waals surface area contributed by atoms with E-state index in [1.807, 2.05) is 0 Å². The average molecular weight is 173 g/mol. The molecule has 70 valence electrons. The molecule has 0 rings (SSSR count). The summed E-state index contributed by atoms with van der Waals surface area (Å²) in [5.41, 5.74) is 0. The Morgan fingerprint density at radius 2 is 1.75 bits per heavy atom. The standard InChI is InChI=1S/C9H17NO2/c1-6(2)8(11)5-10-9(12)7(3)4/h6-7H,5H2,1-4H3,(H,10,12)/i5D2. The van der Waals surface area contributed by atoms with Gasteiger partial charge in [0.2, 0.25) is 5.91 Å². The Kier molecular flexibility index (Phi) is 3.18. The maximum absolute atomic E-state index is 11.3. The van der Waals surface area contributed by atoms with Gasteiger partial charge in [0.1, 0.15) is 0 Å². The van der Waals surface area contributed by atoms with Crippen molar-refractivity contribution in [3.05, 3.63) is 0 Å². The Hall–Kier alpha value is -0.860. The highest BCUT2D eigenvalue weighted by Gasteiger charge is 2.10. The lowest BCUT2D eigenvalue weighted by atomic mass is 10.1. The van der Waals surface area contributed by atoms with Gasteiger partial charge < -0.3 is 5.32 Å². The molecule has 0 heterocycles. The largest absolute Gasteiger partial charge is 0.349 e. The minimum atomic E-state index is -2.25. The van der Waals surface area contributed by atoms with Crippen LogP contribution in [0.4, 0.5) is 0 Å². The first-order chi connectivity index (χ1) is 6.18. The van der Waals surface area contributed by atoms with Crippen molar-refractivity contribution in [3.8, 4) is 0 Å². The molecule has 0 aliphatic carbocycles. The van der Waals surface area contributed by atoms with Crippen molar-refractivity contribution in [2.45, 2.75) is 27.7 Å². The molecular weight excluding hydrogens is 154 g/mol. The van der Waals surface area contributed by atoms with Crippen molar-refractivity contribution < 1.29 is 12.3 Å². The van der Waals surface area contributed by atoms with Crippen molar-refractivity contribution in [2.24, 2.45) is 11.8 Å². The fourth-order valence-corrected chi connectivity index (χ4v) is 0.412. The summed E-state index contributed by atoms with van der Waals surface area (Å²) < 4.78 is 14.7. The summed E-state index contributed by atoms with van der Waals surface area (Å²) in [5.74, 6) is -1.82. The second-order valence-corrected chi connectivity index (χ2v) is 3.29. The van der Waals surface area contributed by atoms with Crippen molar-refractivity contribution in [2.75, 3.05) is 6.50 Å². The van der Waals surface area contributed by atoms with Crippen LogP contribution in [0.15, 0.2) is 0 Å². The summed E-state index contributed by atoms with van der Waals surface area (Å²) >= 11 is 0. The Morgan fingerprint density at radius 3 is 2.08 bits per heavy atom. The number of nitrogens with one attached hydrogen (secondary N) is 1. The van der Waals surface area contributed by atoms with Crippen LogP contribution in [0.25, 0.3) is 0 Å². The summed E-state index contributed by atoms with van der Waals surface area (Å²) in [6.07, 6.45) is 0. The van der Waals surface area contributed by atoms with Gasteiger partial charge in [-0.1, -0.05) is 27.7 Å². The number of hydrogen-bond acceptors (Lipinski definition) is 2. The minimum Gasteiger partial charge on any atom is -0.349 e. The van der Waals surface area contributed by atoms with Crippen LogP contribution < -0.4 is 5.32 Å². The summed E-state index contributed by atoms with van der Waals surface area (Å²) in [6, 6.07) is 0. The third kappa shape index (κ3) is 4.11. The topological polar surface area (TPSA) is 46.2 Å². The number of carbonyl (C=O) groups excluding carboxylic acids is 2. The Bertz CT molecular complexity index is 237. The highest BCUT2D eigenvalue weighted by atomic mass is 16.2. The van der Waals surface area contributed by atoms with Crippen LogP contribution in [0.2, 0.25) is 0 Å². The lowest BCUT2D eigenvalue weighted by molar-refractivity contribution is -0.128. The van der Waals surface area contributed by atoms with Crippen LogP contribution in [0.1, 0.15) is 30.4 Å². The third-order valence-corrected chi connectivity index (χ3v) is 1.36. The van der Waals surface area contributed by atoms with Gasteiger partial charge in [0.25, 0.3) is 0 Å². The van der Waals surface area contributed by atoms with Crippen LogP contribution in [0.5, 0.6) is 0 Å². The lowest BCUT2D eigenvalue weighted by Crippen LogP contribution is -2.34. The van der Waals surface area contributed by atoms with Gasteiger partial charge in [-0.15, -0.1) is 0 Å². The lowest BCUT2D eigenvalue weighted by Gasteiger charge is -2.07. The zero-order chi connectivity index (χ0) is 11.5.